The number of hydrogen-bond donors (Lipinski definition) is 1. The van der Waals surface area contributed by atoms with E-state index in [9.17, 15) is 9.59 Å². The zero-order valence-corrected chi connectivity index (χ0v) is 8.84. The fourth-order valence-corrected chi connectivity index (χ4v) is 1.11. The Morgan fingerprint density at radius 2 is 1.94 bits per heavy atom. The Morgan fingerprint density at radius 3 is 2.44 bits per heavy atom. The summed E-state index contributed by atoms with van der Waals surface area (Å²) in [4.78, 5) is 22.6. The topological polar surface area (TPSA) is 63.6 Å². The normalized spacial score (nSPS) is 10.9. The van der Waals surface area contributed by atoms with Gasteiger partial charge in [0.2, 0.25) is 5.78 Å². The second-order valence-corrected chi connectivity index (χ2v) is 2.99. The number of benzene rings is 1. The lowest BCUT2D eigenvalue weighted by molar-refractivity contribution is -0.132. The standard InChI is InChI=1S/C12H12O4/c1-2-16-8-10(12(14)15)11(13)9-6-4-3-5-7-9/h3-8H,2H2,1H3,(H,14,15)/b10-8-. The van der Waals surface area contributed by atoms with Crippen molar-refractivity contribution in [3.63, 3.8) is 0 Å². The van der Waals surface area contributed by atoms with Gasteiger partial charge in [0.25, 0.3) is 0 Å². The fourth-order valence-electron chi connectivity index (χ4n) is 1.11. The van der Waals surface area contributed by atoms with Crippen LogP contribution in [-0.4, -0.2) is 23.5 Å². The molecule has 1 aromatic rings. The third-order valence-corrected chi connectivity index (χ3v) is 1.88. The van der Waals surface area contributed by atoms with Gasteiger partial charge in [0, 0.05) is 5.56 Å². The Hall–Kier alpha value is -2.10. The van der Waals surface area contributed by atoms with E-state index in [1.165, 1.54) is 0 Å². The van der Waals surface area contributed by atoms with Crippen molar-refractivity contribution in [2.75, 3.05) is 6.61 Å². The van der Waals surface area contributed by atoms with Crippen molar-refractivity contribution in [1.29, 1.82) is 0 Å². The third-order valence-electron chi connectivity index (χ3n) is 1.88. The number of aliphatic carboxylic acids is 1. The molecule has 0 aliphatic rings. The van der Waals surface area contributed by atoms with Gasteiger partial charge in [-0.25, -0.2) is 4.79 Å². The van der Waals surface area contributed by atoms with Crippen molar-refractivity contribution in [2.45, 2.75) is 6.92 Å². The summed E-state index contributed by atoms with van der Waals surface area (Å²) in [5, 5.41) is 8.86. The minimum absolute atomic E-state index is 0.318. The zero-order valence-electron chi connectivity index (χ0n) is 8.84. The van der Waals surface area contributed by atoms with Crippen LogP contribution < -0.4 is 0 Å². The smallest absolute Gasteiger partial charge is 0.342 e. The van der Waals surface area contributed by atoms with Crippen LogP contribution in [0.1, 0.15) is 17.3 Å². The molecule has 0 aromatic heterocycles. The Morgan fingerprint density at radius 1 is 1.31 bits per heavy atom. The maximum Gasteiger partial charge on any atom is 0.342 e. The summed E-state index contributed by atoms with van der Waals surface area (Å²) in [6, 6.07) is 8.22. The molecule has 1 N–H and O–H groups in total. The zero-order chi connectivity index (χ0) is 12.0. The van der Waals surface area contributed by atoms with Crippen molar-refractivity contribution >= 4 is 11.8 Å². The molecule has 0 saturated carbocycles. The Labute approximate surface area is 93.2 Å². The molecular weight excluding hydrogens is 208 g/mol. The maximum atomic E-state index is 11.8. The average molecular weight is 220 g/mol. The van der Waals surface area contributed by atoms with Crippen LogP contribution in [0.3, 0.4) is 0 Å². The Bertz CT molecular complexity index is 406. The number of ether oxygens (including phenoxy) is 1. The lowest BCUT2D eigenvalue weighted by atomic mass is 10.1. The van der Waals surface area contributed by atoms with Crippen LogP contribution >= 0.6 is 0 Å². The molecule has 0 amide bonds. The molecule has 0 radical (unpaired) electrons. The van der Waals surface area contributed by atoms with Crippen LogP contribution in [0.4, 0.5) is 0 Å². The first-order chi connectivity index (χ1) is 7.66. The fraction of sp³-hybridized carbons (Fsp3) is 0.167. The molecule has 0 bridgehead atoms. The van der Waals surface area contributed by atoms with Crippen LogP contribution in [0.5, 0.6) is 0 Å². The van der Waals surface area contributed by atoms with Crippen LogP contribution in [0.25, 0.3) is 0 Å². The number of ketones is 1. The summed E-state index contributed by atoms with van der Waals surface area (Å²) >= 11 is 0. The van der Waals surface area contributed by atoms with Crippen molar-refractivity contribution in [3.8, 4) is 0 Å². The van der Waals surface area contributed by atoms with Gasteiger partial charge >= 0.3 is 5.97 Å². The van der Waals surface area contributed by atoms with E-state index in [2.05, 4.69) is 0 Å². The minimum atomic E-state index is -1.29. The predicted octanol–water partition coefficient (Wildman–Crippen LogP) is 1.87. The summed E-state index contributed by atoms with van der Waals surface area (Å²) in [5.41, 5.74) is -0.0381. The van der Waals surface area contributed by atoms with E-state index in [-0.39, 0.29) is 5.57 Å². The molecule has 0 atom stereocenters. The van der Waals surface area contributed by atoms with E-state index in [1.807, 2.05) is 0 Å². The van der Waals surface area contributed by atoms with Crippen LogP contribution in [-0.2, 0) is 9.53 Å². The highest BCUT2D eigenvalue weighted by molar-refractivity contribution is 6.23. The van der Waals surface area contributed by atoms with Gasteiger partial charge in [0.05, 0.1) is 6.61 Å². The molecule has 0 saturated heterocycles. The first kappa shape index (κ1) is 12.0. The van der Waals surface area contributed by atoms with Crippen LogP contribution in [0.15, 0.2) is 42.2 Å². The van der Waals surface area contributed by atoms with E-state index < -0.39 is 11.8 Å². The highest BCUT2D eigenvalue weighted by atomic mass is 16.5. The Kier molecular flexibility index (Phi) is 4.27. The second kappa shape index (κ2) is 5.70. The number of carbonyl (C=O) groups is 2. The number of carboxylic acid groups (broad SMARTS) is 1. The van der Waals surface area contributed by atoms with E-state index in [4.69, 9.17) is 9.84 Å². The molecule has 0 spiro atoms. The van der Waals surface area contributed by atoms with Gasteiger partial charge < -0.3 is 9.84 Å². The minimum Gasteiger partial charge on any atom is -0.500 e. The van der Waals surface area contributed by atoms with Gasteiger partial charge in [-0.1, -0.05) is 30.3 Å². The molecule has 0 heterocycles. The van der Waals surface area contributed by atoms with E-state index in [0.717, 1.165) is 6.26 Å². The molecule has 84 valence electrons. The van der Waals surface area contributed by atoms with E-state index in [0.29, 0.717) is 12.2 Å². The number of carbonyl (C=O) groups excluding carboxylic acids is 1. The van der Waals surface area contributed by atoms with Crippen molar-refractivity contribution in [2.24, 2.45) is 0 Å². The van der Waals surface area contributed by atoms with E-state index >= 15 is 0 Å². The van der Waals surface area contributed by atoms with Crippen molar-refractivity contribution in [1.82, 2.24) is 0 Å². The van der Waals surface area contributed by atoms with Gasteiger partial charge in [-0.3, -0.25) is 4.79 Å². The van der Waals surface area contributed by atoms with E-state index in [1.54, 1.807) is 37.3 Å². The highest BCUT2D eigenvalue weighted by Gasteiger charge is 2.19. The molecule has 0 aliphatic carbocycles. The van der Waals surface area contributed by atoms with Crippen LogP contribution in [0, 0.1) is 0 Å². The van der Waals surface area contributed by atoms with Crippen molar-refractivity contribution < 1.29 is 19.4 Å². The molecule has 1 rings (SSSR count). The number of hydrogen-bond acceptors (Lipinski definition) is 3. The van der Waals surface area contributed by atoms with Gasteiger partial charge in [-0.2, -0.15) is 0 Å². The summed E-state index contributed by atoms with van der Waals surface area (Å²) in [7, 11) is 0. The largest absolute Gasteiger partial charge is 0.500 e. The summed E-state index contributed by atoms with van der Waals surface area (Å²) < 4.78 is 4.84. The molecule has 0 fully saturated rings. The molecule has 0 unspecified atom stereocenters. The second-order valence-electron chi connectivity index (χ2n) is 2.99. The monoisotopic (exact) mass is 220 g/mol. The predicted molar refractivity (Wildman–Crippen MR) is 58.1 cm³/mol. The van der Waals surface area contributed by atoms with Gasteiger partial charge in [-0.05, 0) is 6.92 Å². The molecule has 4 heteroatoms. The number of Topliss-reactive ketones (excluding diaryl/α,β-unsaturated/α-hetero) is 1. The molecule has 1 aromatic carbocycles. The average Bonchev–Trinajstić information content (AvgIpc) is 2.30. The Balaban J connectivity index is 2.97. The number of carboxylic acids is 1. The summed E-state index contributed by atoms with van der Waals surface area (Å²) in [5.74, 6) is -1.84. The highest BCUT2D eigenvalue weighted by Crippen LogP contribution is 2.08. The van der Waals surface area contributed by atoms with Gasteiger partial charge in [-0.15, -0.1) is 0 Å². The molecule has 0 aliphatic heterocycles. The quantitative estimate of drug-likeness (QED) is 0.270. The maximum absolute atomic E-state index is 11.8. The lowest BCUT2D eigenvalue weighted by Gasteiger charge is -2.02. The number of rotatable bonds is 5. The third kappa shape index (κ3) is 2.95. The molecular formula is C12H12O4. The van der Waals surface area contributed by atoms with Gasteiger partial charge in [0.1, 0.15) is 11.8 Å². The summed E-state index contributed by atoms with van der Waals surface area (Å²) in [6.07, 6.45) is 0.984. The van der Waals surface area contributed by atoms with Crippen LogP contribution in [0.2, 0.25) is 0 Å². The lowest BCUT2D eigenvalue weighted by Crippen LogP contribution is -2.13. The SMILES string of the molecule is CCO/C=C(\C(=O)O)C(=O)c1ccccc1. The first-order valence-corrected chi connectivity index (χ1v) is 4.81. The van der Waals surface area contributed by atoms with Crippen molar-refractivity contribution in [3.05, 3.63) is 47.7 Å². The molecule has 16 heavy (non-hydrogen) atoms. The first-order valence-electron chi connectivity index (χ1n) is 4.81. The van der Waals surface area contributed by atoms with Gasteiger partial charge in [0.15, 0.2) is 0 Å². The molecule has 4 nitrogen and oxygen atoms in total. The summed E-state index contributed by atoms with van der Waals surface area (Å²) in [6.45, 7) is 2.03.